The summed E-state index contributed by atoms with van der Waals surface area (Å²) in [5.74, 6) is 0.175. The lowest BCUT2D eigenvalue weighted by molar-refractivity contribution is -0.0295. The summed E-state index contributed by atoms with van der Waals surface area (Å²) in [6.07, 6.45) is -1.11. The van der Waals surface area contributed by atoms with E-state index in [2.05, 4.69) is 5.32 Å². The van der Waals surface area contributed by atoms with Gasteiger partial charge >= 0.3 is 0 Å². The van der Waals surface area contributed by atoms with E-state index in [0.717, 1.165) is 6.54 Å². The lowest BCUT2D eigenvalue weighted by Crippen LogP contribution is -2.49. The molecule has 0 aromatic heterocycles. The molecule has 0 aliphatic carbocycles. The second-order valence-electron chi connectivity index (χ2n) is 2.69. The Morgan fingerprint density at radius 1 is 1.33 bits per heavy atom. The Hall–Kier alpha value is -0.120. The number of piperidine rings is 1. The number of hydrogen-bond donors (Lipinski definition) is 3. The minimum Gasteiger partial charge on any atom is -0.390 e. The third-order valence-corrected chi connectivity index (χ3v) is 1.80. The molecule has 9 heavy (non-hydrogen) atoms. The van der Waals surface area contributed by atoms with Crippen LogP contribution in [-0.4, -0.2) is 35.5 Å². The molecule has 2 unspecified atom stereocenters. The van der Waals surface area contributed by atoms with Crippen molar-refractivity contribution >= 4 is 0 Å². The van der Waals surface area contributed by atoms with E-state index in [-0.39, 0.29) is 5.92 Å². The summed E-state index contributed by atoms with van der Waals surface area (Å²) in [6, 6.07) is 0. The minimum absolute atomic E-state index is 0.175. The van der Waals surface area contributed by atoms with Crippen molar-refractivity contribution in [2.45, 2.75) is 19.1 Å². The highest BCUT2D eigenvalue weighted by Crippen LogP contribution is 2.09. The highest BCUT2D eigenvalue weighted by molar-refractivity contribution is 4.81. The number of aliphatic hydroxyl groups excluding tert-OH is 2. The van der Waals surface area contributed by atoms with Gasteiger partial charge in [0.25, 0.3) is 0 Å². The molecule has 1 fully saturated rings. The van der Waals surface area contributed by atoms with Crippen LogP contribution in [0.1, 0.15) is 6.92 Å². The van der Waals surface area contributed by atoms with Gasteiger partial charge in [-0.25, -0.2) is 0 Å². The third-order valence-electron chi connectivity index (χ3n) is 1.80. The summed E-state index contributed by atoms with van der Waals surface area (Å²) < 4.78 is 0. The zero-order valence-corrected chi connectivity index (χ0v) is 5.54. The van der Waals surface area contributed by atoms with Crippen LogP contribution in [-0.2, 0) is 0 Å². The van der Waals surface area contributed by atoms with Crippen molar-refractivity contribution in [2.24, 2.45) is 5.92 Å². The van der Waals surface area contributed by atoms with Crippen LogP contribution >= 0.6 is 0 Å². The van der Waals surface area contributed by atoms with Crippen LogP contribution < -0.4 is 5.32 Å². The molecule has 0 radical (unpaired) electrons. The second-order valence-corrected chi connectivity index (χ2v) is 2.69. The first-order valence-electron chi connectivity index (χ1n) is 3.28. The van der Waals surface area contributed by atoms with Crippen molar-refractivity contribution in [1.82, 2.24) is 5.32 Å². The van der Waals surface area contributed by atoms with Crippen LogP contribution in [0.3, 0.4) is 0 Å². The third kappa shape index (κ3) is 1.41. The lowest BCUT2D eigenvalue weighted by atomic mass is 9.96. The Balaban J connectivity index is 2.41. The number of rotatable bonds is 0. The molecular weight excluding hydrogens is 118 g/mol. The Morgan fingerprint density at radius 2 is 2.00 bits per heavy atom. The summed E-state index contributed by atoms with van der Waals surface area (Å²) in [6.45, 7) is 3.24. The van der Waals surface area contributed by atoms with Gasteiger partial charge in [0.2, 0.25) is 0 Å². The molecule has 0 saturated carbocycles. The summed E-state index contributed by atoms with van der Waals surface area (Å²) in [7, 11) is 0. The summed E-state index contributed by atoms with van der Waals surface area (Å²) in [5.41, 5.74) is 0. The van der Waals surface area contributed by atoms with Gasteiger partial charge < -0.3 is 15.5 Å². The maximum absolute atomic E-state index is 9.16. The molecule has 0 aromatic carbocycles. The number of aliphatic hydroxyl groups is 2. The zero-order valence-electron chi connectivity index (χ0n) is 5.54. The molecule has 1 saturated heterocycles. The number of hydrogen-bond acceptors (Lipinski definition) is 3. The molecule has 0 aromatic rings. The van der Waals surface area contributed by atoms with Crippen LogP contribution in [0.5, 0.6) is 0 Å². The van der Waals surface area contributed by atoms with Crippen LogP contribution in [0, 0.1) is 5.92 Å². The van der Waals surface area contributed by atoms with Crippen LogP contribution in [0.4, 0.5) is 0 Å². The fourth-order valence-corrected chi connectivity index (χ4v) is 1.08. The first-order chi connectivity index (χ1) is 4.22. The molecule has 1 aliphatic rings. The summed E-state index contributed by atoms with van der Waals surface area (Å²) in [4.78, 5) is 0. The van der Waals surface area contributed by atoms with Crippen molar-refractivity contribution < 1.29 is 10.2 Å². The highest BCUT2D eigenvalue weighted by Gasteiger charge is 2.26. The Kier molecular flexibility index (Phi) is 2.05. The van der Waals surface area contributed by atoms with Gasteiger partial charge in [-0.2, -0.15) is 0 Å². The van der Waals surface area contributed by atoms with E-state index in [4.69, 9.17) is 10.2 Å². The SMILES string of the molecule is CC1CNCC(O)[C@H]1O. The molecule has 1 rings (SSSR count). The average Bonchev–Trinajstić information content (AvgIpc) is 1.83. The molecular formula is C6H13NO2. The maximum atomic E-state index is 9.16. The van der Waals surface area contributed by atoms with Crippen molar-refractivity contribution in [3.05, 3.63) is 0 Å². The fourth-order valence-electron chi connectivity index (χ4n) is 1.08. The smallest absolute Gasteiger partial charge is 0.0926 e. The Labute approximate surface area is 54.7 Å². The van der Waals surface area contributed by atoms with E-state index >= 15 is 0 Å². The van der Waals surface area contributed by atoms with Crippen LogP contribution in [0.25, 0.3) is 0 Å². The van der Waals surface area contributed by atoms with E-state index in [0.29, 0.717) is 6.54 Å². The van der Waals surface area contributed by atoms with E-state index in [1.54, 1.807) is 0 Å². The van der Waals surface area contributed by atoms with Gasteiger partial charge in [0.15, 0.2) is 0 Å². The molecule has 1 aliphatic heterocycles. The first-order valence-corrected chi connectivity index (χ1v) is 3.28. The summed E-state index contributed by atoms with van der Waals surface area (Å²) in [5, 5.41) is 21.2. The second kappa shape index (κ2) is 2.64. The van der Waals surface area contributed by atoms with E-state index in [9.17, 15) is 0 Å². The minimum atomic E-state index is -0.575. The largest absolute Gasteiger partial charge is 0.390 e. The van der Waals surface area contributed by atoms with Gasteiger partial charge in [-0.05, 0) is 5.92 Å². The van der Waals surface area contributed by atoms with Gasteiger partial charge in [0, 0.05) is 13.1 Å². The molecule has 3 nitrogen and oxygen atoms in total. The molecule has 54 valence electrons. The predicted molar refractivity (Wildman–Crippen MR) is 34.0 cm³/mol. The van der Waals surface area contributed by atoms with Crippen molar-refractivity contribution in [2.75, 3.05) is 13.1 Å². The van der Waals surface area contributed by atoms with Gasteiger partial charge in [0.05, 0.1) is 12.2 Å². The monoisotopic (exact) mass is 131 g/mol. The summed E-state index contributed by atoms with van der Waals surface area (Å²) >= 11 is 0. The zero-order chi connectivity index (χ0) is 6.85. The van der Waals surface area contributed by atoms with Crippen LogP contribution in [0.15, 0.2) is 0 Å². The molecule has 0 spiro atoms. The number of nitrogens with one attached hydrogen (secondary N) is 1. The molecule has 0 bridgehead atoms. The Morgan fingerprint density at radius 3 is 2.44 bits per heavy atom. The average molecular weight is 131 g/mol. The normalized spacial score (nSPS) is 45.0. The van der Waals surface area contributed by atoms with Crippen LogP contribution in [0.2, 0.25) is 0 Å². The molecule has 3 heteroatoms. The van der Waals surface area contributed by atoms with Crippen molar-refractivity contribution in [3.63, 3.8) is 0 Å². The molecule has 3 atom stereocenters. The topological polar surface area (TPSA) is 52.5 Å². The van der Waals surface area contributed by atoms with Crippen molar-refractivity contribution in [1.29, 1.82) is 0 Å². The van der Waals surface area contributed by atoms with E-state index in [1.165, 1.54) is 0 Å². The van der Waals surface area contributed by atoms with Gasteiger partial charge in [-0.1, -0.05) is 6.92 Å². The maximum Gasteiger partial charge on any atom is 0.0926 e. The van der Waals surface area contributed by atoms with E-state index in [1.807, 2.05) is 6.92 Å². The molecule has 1 heterocycles. The van der Waals surface area contributed by atoms with E-state index < -0.39 is 12.2 Å². The molecule has 3 N–H and O–H groups in total. The molecule has 0 amide bonds. The Bertz CT molecular complexity index is 87.1. The highest BCUT2D eigenvalue weighted by atomic mass is 16.3. The number of β-amino-alcohol motifs (C(OH)–C–C–N with tert-alkyl or cyclic N) is 1. The lowest BCUT2D eigenvalue weighted by Gasteiger charge is -2.29. The van der Waals surface area contributed by atoms with Gasteiger partial charge in [-0.3, -0.25) is 0 Å². The van der Waals surface area contributed by atoms with Crippen molar-refractivity contribution in [3.8, 4) is 0 Å². The predicted octanol–water partition coefficient (Wildman–Crippen LogP) is -1.05. The quantitative estimate of drug-likeness (QED) is 0.393. The first kappa shape index (κ1) is 6.99. The fraction of sp³-hybridized carbons (Fsp3) is 1.00. The van der Waals surface area contributed by atoms with Gasteiger partial charge in [0.1, 0.15) is 0 Å². The van der Waals surface area contributed by atoms with Gasteiger partial charge in [-0.15, -0.1) is 0 Å². The standard InChI is InChI=1S/C6H13NO2/c1-4-2-7-3-5(8)6(4)9/h4-9H,2-3H2,1H3/t4?,5?,6-/m0/s1.